The van der Waals surface area contributed by atoms with Crippen LogP contribution in [0.4, 0.5) is 0 Å². The zero-order valence-electron chi connectivity index (χ0n) is 13.3. The van der Waals surface area contributed by atoms with Gasteiger partial charge in [-0.25, -0.2) is 0 Å². The quantitative estimate of drug-likeness (QED) is 0.772. The Hall–Kier alpha value is -1.75. The van der Waals surface area contributed by atoms with Crippen LogP contribution >= 0.6 is 0 Å². The second kappa shape index (κ2) is 8.52. The third-order valence-corrected chi connectivity index (χ3v) is 3.20. The van der Waals surface area contributed by atoms with E-state index in [9.17, 15) is 4.79 Å². The van der Waals surface area contributed by atoms with Crippen LogP contribution in [0, 0.1) is 0 Å². The van der Waals surface area contributed by atoms with Crippen LogP contribution in [0.1, 0.15) is 45.2 Å². The number of benzene rings is 1. The Morgan fingerprint density at radius 2 is 2.10 bits per heavy atom. The molecule has 5 heteroatoms. The predicted molar refractivity (Wildman–Crippen MR) is 83.6 cm³/mol. The minimum absolute atomic E-state index is 0.0268. The maximum Gasteiger partial charge on any atom is 0.258 e. The molecule has 2 atom stereocenters. The van der Waals surface area contributed by atoms with Gasteiger partial charge in [0, 0.05) is 23.7 Å². The van der Waals surface area contributed by atoms with Gasteiger partial charge in [-0.05, 0) is 26.3 Å². The highest BCUT2D eigenvalue weighted by molar-refractivity contribution is 5.77. The lowest BCUT2D eigenvalue weighted by Crippen LogP contribution is -2.36. The van der Waals surface area contributed by atoms with Crippen LogP contribution in [0.15, 0.2) is 18.2 Å². The van der Waals surface area contributed by atoms with Gasteiger partial charge >= 0.3 is 0 Å². The number of rotatable bonds is 8. The van der Waals surface area contributed by atoms with Gasteiger partial charge < -0.3 is 20.5 Å². The van der Waals surface area contributed by atoms with Gasteiger partial charge in [-0.3, -0.25) is 4.79 Å². The fourth-order valence-corrected chi connectivity index (χ4v) is 2.11. The molecular formula is C16H26N2O3. The molecule has 0 aliphatic carbocycles. The molecule has 0 aliphatic rings. The lowest BCUT2D eigenvalue weighted by Gasteiger charge is -2.16. The van der Waals surface area contributed by atoms with Gasteiger partial charge in [0.25, 0.3) is 5.91 Å². The summed E-state index contributed by atoms with van der Waals surface area (Å²) >= 11 is 0. The Morgan fingerprint density at radius 1 is 1.38 bits per heavy atom. The largest absolute Gasteiger partial charge is 0.497 e. The summed E-state index contributed by atoms with van der Waals surface area (Å²) < 4.78 is 10.8. The summed E-state index contributed by atoms with van der Waals surface area (Å²) in [6, 6.07) is 5.42. The van der Waals surface area contributed by atoms with Crippen molar-refractivity contribution in [2.45, 2.75) is 45.7 Å². The molecule has 0 aliphatic heterocycles. The van der Waals surface area contributed by atoms with Crippen molar-refractivity contribution in [2.24, 2.45) is 5.73 Å². The van der Waals surface area contributed by atoms with Crippen molar-refractivity contribution in [1.29, 1.82) is 0 Å². The van der Waals surface area contributed by atoms with Crippen LogP contribution in [-0.4, -0.2) is 25.7 Å². The molecule has 0 aromatic heterocycles. The number of nitrogens with one attached hydrogen (secondary N) is 1. The number of hydrogen-bond acceptors (Lipinski definition) is 4. The summed E-state index contributed by atoms with van der Waals surface area (Å²) in [5, 5.41) is 2.90. The molecule has 0 radical (unpaired) electrons. The maximum atomic E-state index is 11.8. The molecule has 1 rings (SSSR count). The molecule has 0 bridgehead atoms. The first-order chi connectivity index (χ1) is 9.97. The minimum atomic E-state index is -0.173. The molecule has 118 valence electrons. The van der Waals surface area contributed by atoms with Gasteiger partial charge in [-0.2, -0.15) is 0 Å². The first-order valence-corrected chi connectivity index (χ1v) is 7.33. The van der Waals surface area contributed by atoms with Crippen molar-refractivity contribution in [3.05, 3.63) is 23.8 Å². The molecule has 1 amide bonds. The third kappa shape index (κ3) is 5.63. The minimum Gasteiger partial charge on any atom is -0.497 e. The Balaban J connectivity index is 2.67. The van der Waals surface area contributed by atoms with E-state index in [1.54, 1.807) is 13.2 Å². The molecule has 0 spiro atoms. The fraction of sp³-hybridized carbons (Fsp3) is 0.562. The Bertz CT molecular complexity index is 461. The number of methoxy groups -OCH3 is 1. The van der Waals surface area contributed by atoms with Gasteiger partial charge in [-0.15, -0.1) is 0 Å². The van der Waals surface area contributed by atoms with Crippen LogP contribution < -0.4 is 20.5 Å². The van der Waals surface area contributed by atoms with Crippen molar-refractivity contribution >= 4 is 5.91 Å². The van der Waals surface area contributed by atoms with E-state index in [0.717, 1.165) is 18.4 Å². The normalized spacial score (nSPS) is 13.4. The van der Waals surface area contributed by atoms with E-state index >= 15 is 0 Å². The summed E-state index contributed by atoms with van der Waals surface area (Å²) in [6.07, 6.45) is 1.99. The van der Waals surface area contributed by atoms with E-state index < -0.39 is 0 Å². The van der Waals surface area contributed by atoms with Crippen molar-refractivity contribution < 1.29 is 14.3 Å². The van der Waals surface area contributed by atoms with E-state index in [-0.39, 0.29) is 24.6 Å². The fourth-order valence-electron chi connectivity index (χ4n) is 2.11. The van der Waals surface area contributed by atoms with Crippen LogP contribution in [0.5, 0.6) is 11.5 Å². The van der Waals surface area contributed by atoms with Crippen LogP contribution in [0.2, 0.25) is 0 Å². The monoisotopic (exact) mass is 294 g/mol. The topological polar surface area (TPSA) is 73.6 Å². The molecule has 3 N–H and O–H groups in total. The molecule has 5 nitrogen and oxygen atoms in total. The van der Waals surface area contributed by atoms with Gasteiger partial charge in [0.05, 0.1) is 7.11 Å². The molecule has 1 aromatic carbocycles. The summed E-state index contributed by atoms with van der Waals surface area (Å²) in [4.78, 5) is 11.8. The zero-order chi connectivity index (χ0) is 15.8. The molecule has 21 heavy (non-hydrogen) atoms. The predicted octanol–water partition coefficient (Wildman–Crippen LogP) is 2.40. The molecule has 0 heterocycles. The molecule has 0 fully saturated rings. The highest BCUT2D eigenvalue weighted by atomic mass is 16.5. The molecule has 1 aromatic rings. The van der Waals surface area contributed by atoms with Gasteiger partial charge in [-0.1, -0.05) is 19.4 Å². The third-order valence-electron chi connectivity index (χ3n) is 3.20. The number of carbonyl (C=O) groups excluding carboxylic acids is 1. The van der Waals surface area contributed by atoms with E-state index in [2.05, 4.69) is 12.2 Å². The number of carbonyl (C=O) groups is 1. The van der Waals surface area contributed by atoms with Gasteiger partial charge in [0.1, 0.15) is 11.5 Å². The van der Waals surface area contributed by atoms with Crippen molar-refractivity contribution in [2.75, 3.05) is 13.7 Å². The Labute approximate surface area is 126 Å². The van der Waals surface area contributed by atoms with Crippen LogP contribution in [0.3, 0.4) is 0 Å². The second-order valence-electron chi connectivity index (χ2n) is 5.24. The number of nitrogens with two attached hydrogens (primary N) is 1. The average Bonchev–Trinajstić information content (AvgIpc) is 2.44. The number of amides is 1. The maximum absolute atomic E-state index is 11.8. The van der Waals surface area contributed by atoms with E-state index in [0.29, 0.717) is 11.5 Å². The zero-order valence-corrected chi connectivity index (χ0v) is 13.3. The summed E-state index contributed by atoms with van der Waals surface area (Å²) in [5.41, 5.74) is 6.76. The first kappa shape index (κ1) is 17.3. The van der Waals surface area contributed by atoms with Crippen molar-refractivity contribution in [3.8, 4) is 11.5 Å². The Morgan fingerprint density at radius 3 is 2.67 bits per heavy atom. The van der Waals surface area contributed by atoms with Crippen molar-refractivity contribution in [1.82, 2.24) is 5.32 Å². The highest BCUT2D eigenvalue weighted by Gasteiger charge is 2.12. The lowest BCUT2D eigenvalue weighted by molar-refractivity contribution is -0.123. The summed E-state index contributed by atoms with van der Waals surface area (Å²) in [7, 11) is 1.59. The van der Waals surface area contributed by atoms with Gasteiger partial charge in [0.15, 0.2) is 6.61 Å². The number of hydrogen-bond donors (Lipinski definition) is 2. The van der Waals surface area contributed by atoms with Gasteiger partial charge in [0.2, 0.25) is 0 Å². The highest BCUT2D eigenvalue weighted by Crippen LogP contribution is 2.28. The van der Waals surface area contributed by atoms with Crippen LogP contribution in [-0.2, 0) is 4.79 Å². The summed E-state index contributed by atoms with van der Waals surface area (Å²) in [6.45, 7) is 5.92. The van der Waals surface area contributed by atoms with Crippen LogP contribution in [0.25, 0.3) is 0 Å². The standard InChI is InChI=1S/C16H26N2O3/c1-5-6-11(2)18-16(19)10-21-15-9-13(20-4)7-8-14(15)12(3)17/h7-9,11-12H,5-6,10,17H2,1-4H3,(H,18,19)/t11?,12-/m0/s1. The first-order valence-electron chi connectivity index (χ1n) is 7.33. The average molecular weight is 294 g/mol. The van der Waals surface area contributed by atoms with Crippen molar-refractivity contribution in [3.63, 3.8) is 0 Å². The molecule has 1 unspecified atom stereocenters. The SMILES string of the molecule is CCCC(C)NC(=O)COc1cc(OC)ccc1[C@H](C)N. The Kier molecular flexibility index (Phi) is 7.02. The summed E-state index contributed by atoms with van der Waals surface area (Å²) in [5.74, 6) is 1.13. The molecule has 0 saturated carbocycles. The second-order valence-corrected chi connectivity index (χ2v) is 5.24. The van der Waals surface area contributed by atoms with E-state index in [4.69, 9.17) is 15.2 Å². The number of ether oxygens (including phenoxy) is 2. The lowest BCUT2D eigenvalue weighted by atomic mass is 10.1. The smallest absolute Gasteiger partial charge is 0.258 e. The molecular weight excluding hydrogens is 268 g/mol. The van der Waals surface area contributed by atoms with E-state index in [1.165, 1.54) is 0 Å². The van der Waals surface area contributed by atoms with E-state index in [1.807, 2.05) is 26.0 Å². The molecule has 0 saturated heterocycles.